The van der Waals surface area contributed by atoms with Gasteiger partial charge in [0.25, 0.3) is 5.91 Å². The van der Waals surface area contributed by atoms with Gasteiger partial charge in [0, 0.05) is 16.8 Å². The highest BCUT2D eigenvalue weighted by Crippen LogP contribution is 2.37. The van der Waals surface area contributed by atoms with Crippen LogP contribution in [-0.4, -0.2) is 26.9 Å². The van der Waals surface area contributed by atoms with Crippen molar-refractivity contribution in [2.24, 2.45) is 0 Å². The Kier molecular flexibility index (Phi) is 7.09. The summed E-state index contributed by atoms with van der Waals surface area (Å²) in [5.41, 5.74) is 2.32. The molecule has 0 saturated carbocycles. The van der Waals surface area contributed by atoms with Gasteiger partial charge >= 0.3 is 0 Å². The van der Waals surface area contributed by atoms with E-state index in [1.165, 1.54) is 37.4 Å². The molecule has 1 atom stereocenters. The zero-order valence-corrected chi connectivity index (χ0v) is 19.3. The molecule has 4 aromatic carbocycles. The number of hydrogen-bond donors (Lipinski definition) is 2. The van der Waals surface area contributed by atoms with Crippen LogP contribution in [0.5, 0.6) is 11.5 Å². The summed E-state index contributed by atoms with van der Waals surface area (Å²) < 4.78 is 43.4. The average Bonchev–Trinajstić information content (AvgIpc) is 2.87. The largest absolute Gasteiger partial charge is 0.755 e. The summed E-state index contributed by atoms with van der Waals surface area (Å²) in [5, 5.41) is 13.0. The summed E-state index contributed by atoms with van der Waals surface area (Å²) in [6, 6.07) is 23.3. The van der Waals surface area contributed by atoms with Gasteiger partial charge in [-0.3, -0.25) is 13.3 Å². The molecule has 4 aromatic rings. The summed E-state index contributed by atoms with van der Waals surface area (Å²) in [4.78, 5) is 12.9. The first-order valence-corrected chi connectivity index (χ1v) is 11.4. The van der Waals surface area contributed by atoms with Crippen molar-refractivity contribution in [2.45, 2.75) is 0 Å². The molecule has 0 aliphatic rings. The zero-order valence-electron chi connectivity index (χ0n) is 18.5. The van der Waals surface area contributed by atoms with Gasteiger partial charge in [-0.15, -0.1) is 0 Å². The van der Waals surface area contributed by atoms with Crippen LogP contribution in [0.4, 0.5) is 21.5 Å². The van der Waals surface area contributed by atoms with Crippen molar-refractivity contribution in [1.29, 1.82) is 0 Å². The van der Waals surface area contributed by atoms with Crippen molar-refractivity contribution in [3.05, 3.63) is 102 Å². The molecule has 0 bridgehead atoms. The summed E-state index contributed by atoms with van der Waals surface area (Å²) in [7, 11) is 1.52. The quantitative estimate of drug-likeness (QED) is 0.267. The van der Waals surface area contributed by atoms with Crippen molar-refractivity contribution in [3.8, 4) is 22.6 Å². The topological polar surface area (TPSA) is 102 Å². The first kappa shape index (κ1) is 23.9. The van der Waals surface area contributed by atoms with E-state index in [-0.39, 0.29) is 22.8 Å². The molecule has 1 amide bonds. The summed E-state index contributed by atoms with van der Waals surface area (Å²) >= 11 is -2.83. The predicted molar refractivity (Wildman–Crippen MR) is 132 cm³/mol. The highest BCUT2D eigenvalue weighted by molar-refractivity contribution is 7.81. The number of carbonyl (C=O) groups excluding carboxylic acids is 1. The minimum atomic E-state index is -2.83. The Hall–Kier alpha value is -4.21. The smallest absolute Gasteiger partial charge is 0.255 e. The minimum absolute atomic E-state index is 0.111. The molecule has 9 heteroatoms. The molecule has 0 spiro atoms. The monoisotopic (exact) mass is 491 g/mol. The third kappa shape index (κ3) is 5.32. The number of phenolic OH excluding ortho intramolecular Hbond substituents is 1. The van der Waals surface area contributed by atoms with E-state index in [1.54, 1.807) is 18.2 Å². The maximum absolute atomic E-state index is 13.3. The first-order valence-electron chi connectivity index (χ1n) is 10.4. The molecular formula is C26H20FN2O5S-. The van der Waals surface area contributed by atoms with E-state index in [2.05, 4.69) is 5.32 Å². The average molecular weight is 492 g/mol. The van der Waals surface area contributed by atoms with Gasteiger partial charge < -0.3 is 19.7 Å². The van der Waals surface area contributed by atoms with Crippen LogP contribution in [0.15, 0.2) is 91.0 Å². The number of methoxy groups -OCH3 is 1. The molecule has 35 heavy (non-hydrogen) atoms. The van der Waals surface area contributed by atoms with Crippen molar-refractivity contribution < 1.29 is 27.8 Å². The van der Waals surface area contributed by atoms with Crippen molar-refractivity contribution >= 4 is 34.2 Å². The van der Waals surface area contributed by atoms with E-state index in [1.807, 2.05) is 30.3 Å². The number of phenols is 1. The number of nitrogens with one attached hydrogen (secondary N) is 1. The lowest BCUT2D eigenvalue weighted by Gasteiger charge is -2.27. The Labute approximate surface area is 203 Å². The lowest BCUT2D eigenvalue weighted by molar-refractivity contribution is 0.102. The molecule has 0 aliphatic heterocycles. The number of hydrogen-bond acceptors (Lipinski definition) is 5. The molecule has 2 N–H and O–H groups in total. The van der Waals surface area contributed by atoms with Gasteiger partial charge in [0.2, 0.25) is 0 Å². The molecule has 1 unspecified atom stereocenters. The van der Waals surface area contributed by atoms with E-state index >= 15 is 0 Å². The van der Waals surface area contributed by atoms with Crippen molar-refractivity contribution in [3.63, 3.8) is 0 Å². The maximum atomic E-state index is 13.3. The molecule has 0 aliphatic carbocycles. The van der Waals surface area contributed by atoms with Gasteiger partial charge in [0.05, 0.1) is 29.8 Å². The van der Waals surface area contributed by atoms with Crippen LogP contribution in [0.3, 0.4) is 0 Å². The van der Waals surface area contributed by atoms with Crippen LogP contribution in [0.2, 0.25) is 0 Å². The second-order valence-electron chi connectivity index (χ2n) is 7.43. The van der Waals surface area contributed by atoms with E-state index in [9.17, 15) is 23.1 Å². The number of carbonyl (C=O) groups is 1. The standard InChI is InChI=1S/C26H21FN2O5S/c1-34-25-15-18(7-13-22(25)17-5-3-2-4-6-17)26(31)28-20-10-14-24(30)23(16-20)29(35(32)33)21-11-8-19(27)9-12-21/h2-16,30H,1H3,(H,28,31)(H,32,33)/p-1. The van der Waals surface area contributed by atoms with Gasteiger partial charge in [-0.1, -0.05) is 30.3 Å². The predicted octanol–water partition coefficient (Wildman–Crippen LogP) is 5.39. The Bertz CT molecular complexity index is 1380. The zero-order chi connectivity index (χ0) is 24.9. The first-order chi connectivity index (χ1) is 16.9. The van der Waals surface area contributed by atoms with E-state index in [4.69, 9.17) is 4.74 Å². The number of nitrogens with zero attached hydrogens (tertiary/aromatic N) is 1. The number of aromatic hydroxyl groups is 1. The summed E-state index contributed by atoms with van der Waals surface area (Å²) in [6.45, 7) is 0. The molecule has 7 nitrogen and oxygen atoms in total. The lowest BCUT2D eigenvalue weighted by atomic mass is 10.0. The number of amides is 1. The molecule has 0 fully saturated rings. The fourth-order valence-electron chi connectivity index (χ4n) is 3.54. The molecule has 0 aromatic heterocycles. The van der Waals surface area contributed by atoms with Gasteiger partial charge in [-0.25, -0.2) is 4.39 Å². The van der Waals surface area contributed by atoms with Gasteiger partial charge in [-0.2, -0.15) is 0 Å². The minimum Gasteiger partial charge on any atom is -0.755 e. The van der Waals surface area contributed by atoms with Crippen LogP contribution in [0.25, 0.3) is 11.1 Å². The number of halogens is 1. The third-order valence-corrected chi connectivity index (χ3v) is 5.92. The highest BCUT2D eigenvalue weighted by Gasteiger charge is 2.17. The van der Waals surface area contributed by atoms with Crippen LogP contribution < -0.4 is 14.4 Å². The summed E-state index contributed by atoms with van der Waals surface area (Å²) in [6.07, 6.45) is 0. The number of ether oxygens (including phenoxy) is 1. The van der Waals surface area contributed by atoms with Crippen LogP contribution in [-0.2, 0) is 11.3 Å². The fraction of sp³-hybridized carbons (Fsp3) is 0.0385. The number of rotatable bonds is 7. The Morgan fingerprint density at radius 3 is 2.37 bits per heavy atom. The third-order valence-electron chi connectivity index (χ3n) is 5.21. The molecule has 178 valence electrons. The highest BCUT2D eigenvalue weighted by atomic mass is 32.2. The lowest BCUT2D eigenvalue weighted by Crippen LogP contribution is -2.20. The van der Waals surface area contributed by atoms with Crippen molar-refractivity contribution in [2.75, 3.05) is 16.7 Å². The fourth-order valence-corrected chi connectivity index (χ4v) is 4.14. The number of benzene rings is 4. The van der Waals surface area contributed by atoms with E-state index < -0.39 is 23.0 Å². The Morgan fingerprint density at radius 2 is 1.71 bits per heavy atom. The molecule has 0 saturated heterocycles. The van der Waals surface area contributed by atoms with Gasteiger partial charge in [0.1, 0.15) is 17.3 Å². The molecule has 0 heterocycles. The Balaban J connectivity index is 1.62. The van der Waals surface area contributed by atoms with E-state index in [0.717, 1.165) is 27.6 Å². The second kappa shape index (κ2) is 10.4. The SMILES string of the molecule is COc1cc(C(=O)Nc2ccc(O)c(N(c3ccc(F)cc3)S(=O)[O-])c2)ccc1-c1ccccc1. The molecule has 4 rings (SSSR count). The molecule has 0 radical (unpaired) electrons. The summed E-state index contributed by atoms with van der Waals surface area (Å²) in [5.74, 6) is -0.828. The number of anilines is 3. The van der Waals surface area contributed by atoms with Gasteiger partial charge in [-0.05, 0) is 66.2 Å². The maximum Gasteiger partial charge on any atom is 0.255 e. The van der Waals surface area contributed by atoms with Gasteiger partial charge in [0.15, 0.2) is 0 Å². The van der Waals surface area contributed by atoms with Crippen LogP contribution >= 0.6 is 0 Å². The van der Waals surface area contributed by atoms with Crippen molar-refractivity contribution in [1.82, 2.24) is 0 Å². The normalized spacial score (nSPS) is 11.5. The Morgan fingerprint density at radius 1 is 1.00 bits per heavy atom. The molecular weight excluding hydrogens is 471 g/mol. The van der Waals surface area contributed by atoms with E-state index in [0.29, 0.717) is 11.3 Å². The van der Waals surface area contributed by atoms with Crippen LogP contribution in [0, 0.1) is 5.82 Å². The van der Waals surface area contributed by atoms with Crippen LogP contribution in [0.1, 0.15) is 10.4 Å². The second-order valence-corrected chi connectivity index (χ2v) is 8.23.